The molecule has 0 aliphatic carbocycles. The average molecular weight is 361 g/mol. The van der Waals surface area contributed by atoms with E-state index in [0.29, 0.717) is 34.7 Å². The van der Waals surface area contributed by atoms with Crippen LogP contribution in [0, 0.1) is 0 Å². The fourth-order valence-corrected chi connectivity index (χ4v) is 3.33. The van der Waals surface area contributed by atoms with Gasteiger partial charge in [0.2, 0.25) is 0 Å². The van der Waals surface area contributed by atoms with Gasteiger partial charge < -0.3 is 9.84 Å². The van der Waals surface area contributed by atoms with Crippen LogP contribution in [0.5, 0.6) is 0 Å². The molecule has 20 heavy (non-hydrogen) atoms. The number of aromatic nitrogens is 3. The second-order valence-corrected chi connectivity index (χ2v) is 5.74. The molecule has 1 fully saturated rings. The maximum absolute atomic E-state index is 10.9. The molecule has 0 aromatic carbocycles. The standard InChI is InChI=1S/C12H11BrClN3O3/c13-9-8-10(14)15-3-4-17(8)11(16-9)6-1-2-7(12(18)19)20-5-6/h3-4,6-7H,1-2,5H2,(H,18,19). The summed E-state index contributed by atoms with van der Waals surface area (Å²) in [5, 5.41) is 9.30. The van der Waals surface area contributed by atoms with Crippen molar-refractivity contribution >= 4 is 39.0 Å². The molecule has 1 saturated heterocycles. The molecule has 0 radical (unpaired) electrons. The molecule has 3 heterocycles. The third kappa shape index (κ3) is 2.30. The third-order valence-electron chi connectivity index (χ3n) is 3.41. The Bertz CT molecular complexity index is 667. The van der Waals surface area contributed by atoms with Crippen molar-refractivity contribution < 1.29 is 14.6 Å². The Labute approximate surface area is 127 Å². The monoisotopic (exact) mass is 359 g/mol. The highest BCUT2D eigenvalue weighted by Gasteiger charge is 2.30. The van der Waals surface area contributed by atoms with Crippen LogP contribution in [0.1, 0.15) is 24.6 Å². The molecule has 1 aliphatic heterocycles. The summed E-state index contributed by atoms with van der Waals surface area (Å²) < 4.78 is 7.88. The van der Waals surface area contributed by atoms with Gasteiger partial charge in [0.1, 0.15) is 15.9 Å². The van der Waals surface area contributed by atoms with Gasteiger partial charge in [-0.25, -0.2) is 14.8 Å². The van der Waals surface area contributed by atoms with Crippen LogP contribution in [0.2, 0.25) is 5.15 Å². The minimum atomic E-state index is -0.912. The van der Waals surface area contributed by atoms with Gasteiger partial charge in [0.15, 0.2) is 11.3 Å². The Balaban J connectivity index is 1.92. The summed E-state index contributed by atoms with van der Waals surface area (Å²) in [6, 6.07) is 0. The summed E-state index contributed by atoms with van der Waals surface area (Å²) in [6.45, 7) is 0.336. The van der Waals surface area contributed by atoms with Crippen molar-refractivity contribution in [1.82, 2.24) is 14.4 Å². The van der Waals surface area contributed by atoms with Crippen LogP contribution in [0.4, 0.5) is 0 Å². The third-order valence-corrected chi connectivity index (χ3v) is 4.24. The van der Waals surface area contributed by atoms with E-state index in [9.17, 15) is 4.79 Å². The summed E-state index contributed by atoms with van der Waals surface area (Å²) >= 11 is 9.45. The summed E-state index contributed by atoms with van der Waals surface area (Å²) in [5.74, 6) is -0.0623. The SMILES string of the molecule is O=C(O)C1CCC(c2nc(Br)c3c(Cl)nccn23)CO1. The number of hydrogen-bond acceptors (Lipinski definition) is 4. The first-order valence-corrected chi connectivity index (χ1v) is 7.27. The molecular weight excluding hydrogens is 350 g/mol. The van der Waals surface area contributed by atoms with E-state index in [1.807, 2.05) is 4.40 Å². The highest BCUT2D eigenvalue weighted by molar-refractivity contribution is 9.10. The number of hydrogen-bond donors (Lipinski definition) is 1. The molecule has 6 nitrogen and oxygen atoms in total. The lowest BCUT2D eigenvalue weighted by atomic mass is 9.98. The Morgan fingerprint density at radius 1 is 1.55 bits per heavy atom. The van der Waals surface area contributed by atoms with Gasteiger partial charge >= 0.3 is 5.97 Å². The minimum Gasteiger partial charge on any atom is -0.479 e. The van der Waals surface area contributed by atoms with Crippen molar-refractivity contribution in [3.63, 3.8) is 0 Å². The van der Waals surface area contributed by atoms with E-state index in [1.165, 1.54) is 0 Å². The van der Waals surface area contributed by atoms with E-state index >= 15 is 0 Å². The lowest BCUT2D eigenvalue weighted by molar-refractivity contribution is -0.153. The van der Waals surface area contributed by atoms with E-state index in [4.69, 9.17) is 21.4 Å². The van der Waals surface area contributed by atoms with Gasteiger partial charge in [-0.15, -0.1) is 0 Å². The van der Waals surface area contributed by atoms with Crippen LogP contribution in [0.25, 0.3) is 5.52 Å². The number of carboxylic acids is 1. The van der Waals surface area contributed by atoms with Crippen LogP contribution in [-0.2, 0) is 9.53 Å². The molecule has 2 aromatic heterocycles. The van der Waals surface area contributed by atoms with Crippen molar-refractivity contribution in [2.45, 2.75) is 24.9 Å². The number of carboxylic acid groups (broad SMARTS) is 1. The maximum atomic E-state index is 10.9. The molecule has 2 unspecified atom stereocenters. The molecule has 106 valence electrons. The quantitative estimate of drug-likeness (QED) is 0.890. The number of imidazole rings is 1. The van der Waals surface area contributed by atoms with E-state index in [-0.39, 0.29) is 5.92 Å². The molecule has 1 N–H and O–H groups in total. The zero-order valence-electron chi connectivity index (χ0n) is 10.3. The molecule has 0 bridgehead atoms. The Hall–Kier alpha value is -1.18. The number of nitrogens with zero attached hydrogens (tertiary/aromatic N) is 3. The predicted molar refractivity (Wildman–Crippen MR) is 75.0 cm³/mol. The van der Waals surface area contributed by atoms with E-state index in [2.05, 4.69) is 25.9 Å². The second-order valence-electron chi connectivity index (χ2n) is 4.63. The molecule has 8 heteroatoms. The maximum Gasteiger partial charge on any atom is 0.332 e. The molecule has 0 saturated carbocycles. The van der Waals surface area contributed by atoms with Crippen molar-refractivity contribution in [3.8, 4) is 0 Å². The zero-order valence-corrected chi connectivity index (χ0v) is 12.6. The number of aliphatic carboxylic acids is 1. The molecule has 2 aromatic rings. The first-order chi connectivity index (χ1) is 9.58. The van der Waals surface area contributed by atoms with Crippen molar-refractivity contribution in [2.75, 3.05) is 6.61 Å². The number of fused-ring (bicyclic) bond motifs is 1. The summed E-state index contributed by atoms with van der Waals surface area (Å²) in [7, 11) is 0. The first kappa shape index (κ1) is 13.8. The fraction of sp³-hybridized carbons (Fsp3) is 0.417. The molecule has 3 rings (SSSR count). The molecule has 0 amide bonds. The van der Waals surface area contributed by atoms with Gasteiger partial charge in [-0.1, -0.05) is 11.6 Å². The molecule has 0 spiro atoms. The number of rotatable bonds is 2. The zero-order chi connectivity index (χ0) is 14.3. The van der Waals surface area contributed by atoms with E-state index in [1.54, 1.807) is 12.4 Å². The number of carbonyl (C=O) groups is 1. The first-order valence-electron chi connectivity index (χ1n) is 6.10. The van der Waals surface area contributed by atoms with Crippen molar-refractivity contribution in [3.05, 3.63) is 28.0 Å². The van der Waals surface area contributed by atoms with Crippen molar-refractivity contribution in [1.29, 1.82) is 0 Å². The average Bonchev–Trinajstić information content (AvgIpc) is 2.77. The second kappa shape index (κ2) is 5.31. The summed E-state index contributed by atoms with van der Waals surface area (Å²) in [4.78, 5) is 19.4. The van der Waals surface area contributed by atoms with E-state index < -0.39 is 12.1 Å². The normalized spacial score (nSPS) is 23.1. The predicted octanol–water partition coefficient (Wildman–Crippen LogP) is 2.49. The highest BCUT2D eigenvalue weighted by Crippen LogP contribution is 2.32. The van der Waals surface area contributed by atoms with Gasteiger partial charge in [-0.05, 0) is 28.8 Å². The van der Waals surface area contributed by atoms with Crippen LogP contribution in [0.3, 0.4) is 0 Å². The van der Waals surface area contributed by atoms with Crippen LogP contribution in [0.15, 0.2) is 17.0 Å². The van der Waals surface area contributed by atoms with Gasteiger partial charge in [0.05, 0.1) is 6.61 Å². The van der Waals surface area contributed by atoms with Crippen LogP contribution < -0.4 is 0 Å². The molecule has 1 aliphatic rings. The van der Waals surface area contributed by atoms with Gasteiger partial charge in [0.25, 0.3) is 0 Å². The lowest BCUT2D eigenvalue weighted by Gasteiger charge is -2.25. The van der Waals surface area contributed by atoms with Gasteiger partial charge in [0, 0.05) is 18.3 Å². The number of ether oxygens (including phenoxy) is 1. The smallest absolute Gasteiger partial charge is 0.332 e. The fourth-order valence-electron chi connectivity index (χ4n) is 2.42. The molecule has 2 atom stereocenters. The van der Waals surface area contributed by atoms with E-state index in [0.717, 1.165) is 5.82 Å². The van der Waals surface area contributed by atoms with Gasteiger partial charge in [-0.2, -0.15) is 0 Å². The Morgan fingerprint density at radius 2 is 2.35 bits per heavy atom. The minimum absolute atomic E-state index is 0.0443. The summed E-state index contributed by atoms with van der Waals surface area (Å²) in [5.41, 5.74) is 0.713. The highest BCUT2D eigenvalue weighted by atomic mass is 79.9. The summed E-state index contributed by atoms with van der Waals surface area (Å²) in [6.07, 6.45) is 3.87. The van der Waals surface area contributed by atoms with Crippen LogP contribution in [-0.4, -0.2) is 38.2 Å². The Morgan fingerprint density at radius 3 is 3.00 bits per heavy atom. The largest absolute Gasteiger partial charge is 0.479 e. The van der Waals surface area contributed by atoms with Crippen LogP contribution >= 0.6 is 27.5 Å². The number of halogens is 2. The topological polar surface area (TPSA) is 76.7 Å². The Kier molecular flexibility index (Phi) is 3.66. The van der Waals surface area contributed by atoms with Gasteiger partial charge in [-0.3, -0.25) is 4.40 Å². The van der Waals surface area contributed by atoms with Crippen molar-refractivity contribution in [2.24, 2.45) is 0 Å². The lowest BCUT2D eigenvalue weighted by Crippen LogP contribution is -2.31. The molecular formula is C12H11BrClN3O3.